The van der Waals surface area contributed by atoms with Crippen LogP contribution in [0.25, 0.3) is 17.0 Å². The number of carbonyl (C=O) groups is 2. The third-order valence-electron chi connectivity index (χ3n) is 4.26. The first-order valence-electron chi connectivity index (χ1n) is 8.61. The molecule has 6 nitrogen and oxygen atoms in total. The molecule has 0 aliphatic heterocycles. The van der Waals surface area contributed by atoms with Crippen molar-refractivity contribution >= 4 is 28.9 Å². The highest BCUT2D eigenvalue weighted by atomic mass is 16.5. The maximum absolute atomic E-state index is 12.2. The van der Waals surface area contributed by atoms with Gasteiger partial charge in [-0.05, 0) is 31.9 Å². The molecule has 0 saturated carbocycles. The van der Waals surface area contributed by atoms with E-state index < -0.39 is 11.9 Å². The van der Waals surface area contributed by atoms with Crippen LogP contribution >= 0.6 is 0 Å². The van der Waals surface area contributed by atoms with Crippen molar-refractivity contribution < 1.29 is 19.1 Å². The van der Waals surface area contributed by atoms with Crippen molar-refractivity contribution in [3.8, 4) is 6.07 Å². The molecular weight excluding hydrogens is 344 g/mol. The summed E-state index contributed by atoms with van der Waals surface area (Å²) in [5, 5.41) is 10.3. The van der Waals surface area contributed by atoms with Gasteiger partial charge in [0, 0.05) is 35.3 Å². The van der Waals surface area contributed by atoms with Crippen LogP contribution in [0.2, 0.25) is 0 Å². The summed E-state index contributed by atoms with van der Waals surface area (Å²) in [6.07, 6.45) is 3.76. The molecule has 0 radical (unpaired) electrons. The van der Waals surface area contributed by atoms with Gasteiger partial charge < -0.3 is 14.0 Å². The maximum Gasteiger partial charge on any atom is 0.348 e. The highest BCUT2D eigenvalue weighted by molar-refractivity contribution is 6.01. The number of benzene rings is 1. The van der Waals surface area contributed by atoms with Gasteiger partial charge in [0.15, 0.2) is 0 Å². The van der Waals surface area contributed by atoms with E-state index in [0.29, 0.717) is 12.8 Å². The number of aromatic nitrogens is 1. The van der Waals surface area contributed by atoms with Gasteiger partial charge in [0.05, 0.1) is 13.2 Å². The van der Waals surface area contributed by atoms with Crippen LogP contribution in [0, 0.1) is 18.3 Å². The average molecular weight is 366 g/mol. The summed E-state index contributed by atoms with van der Waals surface area (Å²) in [5.41, 5.74) is 2.77. The second-order valence-corrected chi connectivity index (χ2v) is 5.96. The molecule has 0 aliphatic carbocycles. The number of unbranched alkanes of at least 4 members (excludes halogenated alkanes) is 1. The van der Waals surface area contributed by atoms with E-state index >= 15 is 0 Å². The molecule has 1 aromatic carbocycles. The fourth-order valence-corrected chi connectivity index (χ4v) is 2.69. The topological polar surface area (TPSA) is 81.3 Å². The summed E-state index contributed by atoms with van der Waals surface area (Å²) in [7, 11) is 1.94. The number of nitriles is 1. The van der Waals surface area contributed by atoms with E-state index in [0.717, 1.165) is 28.2 Å². The number of hydrogen-bond acceptors (Lipinski definition) is 5. The van der Waals surface area contributed by atoms with Gasteiger partial charge in [0.25, 0.3) is 0 Å². The first kappa shape index (κ1) is 20.0. The number of esters is 2. The Hall–Kier alpha value is -3.33. The minimum atomic E-state index is -0.659. The lowest BCUT2D eigenvalue weighted by atomic mass is 10.1. The molecular formula is C21H22N2O4. The normalized spacial score (nSPS) is 11.1. The number of fused-ring (bicyclic) bond motifs is 1. The van der Waals surface area contributed by atoms with Crippen molar-refractivity contribution in [3.05, 3.63) is 53.8 Å². The molecule has 1 heterocycles. The summed E-state index contributed by atoms with van der Waals surface area (Å²) in [6.45, 7) is 5.63. The van der Waals surface area contributed by atoms with E-state index in [-0.39, 0.29) is 18.8 Å². The van der Waals surface area contributed by atoms with Crippen LogP contribution < -0.4 is 0 Å². The third-order valence-corrected chi connectivity index (χ3v) is 4.26. The summed E-state index contributed by atoms with van der Waals surface area (Å²) in [5.74, 6) is -1.14. The second kappa shape index (κ2) is 9.39. The smallest absolute Gasteiger partial charge is 0.348 e. The number of aryl methyl sites for hydroxylation is 1. The minimum Gasteiger partial charge on any atom is -0.463 e. The first-order valence-corrected chi connectivity index (χ1v) is 8.61. The Balaban J connectivity index is 2.01. The van der Waals surface area contributed by atoms with Crippen molar-refractivity contribution in [2.75, 3.05) is 13.2 Å². The standard InChI is InChI=1S/C21H22N2O4/c1-4-20(24)26-11-7-8-12-27-21(25)16(14-22)13-18-15(2)23(3)19-10-6-5-9-17(18)19/h4-6,9-10,13H,1,7-8,11-12H2,2-3H3/b16-13+. The van der Waals surface area contributed by atoms with Gasteiger partial charge in [-0.2, -0.15) is 5.26 Å². The monoisotopic (exact) mass is 366 g/mol. The molecule has 0 unspecified atom stereocenters. The van der Waals surface area contributed by atoms with Crippen molar-refractivity contribution in [2.24, 2.45) is 7.05 Å². The molecule has 0 amide bonds. The quantitative estimate of drug-likeness (QED) is 0.309. The van der Waals surface area contributed by atoms with Crippen LogP contribution in [0.4, 0.5) is 0 Å². The molecule has 27 heavy (non-hydrogen) atoms. The number of nitrogens with zero attached hydrogens (tertiary/aromatic N) is 2. The molecule has 6 heteroatoms. The molecule has 0 spiro atoms. The summed E-state index contributed by atoms with van der Waals surface area (Å²) >= 11 is 0. The number of ether oxygens (including phenoxy) is 2. The zero-order valence-electron chi connectivity index (χ0n) is 15.5. The summed E-state index contributed by atoms with van der Waals surface area (Å²) in [6, 6.07) is 9.73. The Bertz CT molecular complexity index is 932. The highest BCUT2D eigenvalue weighted by Gasteiger charge is 2.15. The fraction of sp³-hybridized carbons (Fsp3) is 0.286. The van der Waals surface area contributed by atoms with Crippen LogP contribution in [0.3, 0.4) is 0 Å². The molecule has 1 aromatic heterocycles. The van der Waals surface area contributed by atoms with Crippen LogP contribution in [0.1, 0.15) is 24.1 Å². The van der Waals surface area contributed by atoms with E-state index in [2.05, 4.69) is 6.58 Å². The van der Waals surface area contributed by atoms with Crippen molar-refractivity contribution in [1.82, 2.24) is 4.57 Å². The fourth-order valence-electron chi connectivity index (χ4n) is 2.69. The molecule has 0 aliphatic rings. The molecule has 0 N–H and O–H groups in total. The van der Waals surface area contributed by atoms with Gasteiger partial charge >= 0.3 is 11.9 Å². The Kier molecular flexibility index (Phi) is 6.95. The first-order chi connectivity index (χ1) is 13.0. The molecule has 2 rings (SSSR count). The number of para-hydroxylation sites is 1. The number of carbonyl (C=O) groups excluding carboxylic acids is 2. The minimum absolute atomic E-state index is 0.0486. The maximum atomic E-state index is 12.2. The third kappa shape index (κ3) is 4.85. The molecule has 140 valence electrons. The summed E-state index contributed by atoms with van der Waals surface area (Å²) in [4.78, 5) is 23.1. The van der Waals surface area contributed by atoms with Crippen LogP contribution in [0.5, 0.6) is 0 Å². The second-order valence-electron chi connectivity index (χ2n) is 5.96. The van der Waals surface area contributed by atoms with Crippen LogP contribution in [0.15, 0.2) is 42.5 Å². The Labute approximate surface area is 158 Å². The predicted octanol–water partition coefficient (Wildman–Crippen LogP) is 3.45. The average Bonchev–Trinajstić information content (AvgIpc) is 2.92. The van der Waals surface area contributed by atoms with Crippen LogP contribution in [-0.4, -0.2) is 29.7 Å². The SMILES string of the molecule is C=CC(=O)OCCCCOC(=O)/C(C#N)=C/c1c(C)n(C)c2ccccc12. The van der Waals surface area contributed by atoms with Gasteiger partial charge in [-0.15, -0.1) is 0 Å². The number of hydrogen-bond donors (Lipinski definition) is 0. The Morgan fingerprint density at radius 3 is 2.56 bits per heavy atom. The lowest BCUT2D eigenvalue weighted by molar-refractivity contribution is -0.140. The van der Waals surface area contributed by atoms with Crippen molar-refractivity contribution in [1.29, 1.82) is 5.26 Å². The van der Waals surface area contributed by atoms with Crippen molar-refractivity contribution in [3.63, 3.8) is 0 Å². The van der Waals surface area contributed by atoms with Gasteiger partial charge in [-0.3, -0.25) is 0 Å². The molecule has 0 bridgehead atoms. The van der Waals surface area contributed by atoms with E-state index in [4.69, 9.17) is 9.47 Å². The predicted molar refractivity (Wildman–Crippen MR) is 103 cm³/mol. The van der Waals surface area contributed by atoms with Gasteiger partial charge in [0.1, 0.15) is 11.6 Å². The molecule has 0 atom stereocenters. The zero-order chi connectivity index (χ0) is 19.8. The van der Waals surface area contributed by atoms with E-state index in [1.54, 1.807) is 6.08 Å². The van der Waals surface area contributed by atoms with Gasteiger partial charge in [-0.1, -0.05) is 24.8 Å². The Morgan fingerprint density at radius 2 is 1.89 bits per heavy atom. The van der Waals surface area contributed by atoms with Gasteiger partial charge in [-0.25, -0.2) is 9.59 Å². The zero-order valence-corrected chi connectivity index (χ0v) is 15.5. The van der Waals surface area contributed by atoms with Crippen LogP contribution in [-0.2, 0) is 26.1 Å². The van der Waals surface area contributed by atoms with Gasteiger partial charge in [0.2, 0.25) is 0 Å². The largest absolute Gasteiger partial charge is 0.463 e. The molecule has 0 saturated heterocycles. The molecule has 2 aromatic rings. The summed E-state index contributed by atoms with van der Waals surface area (Å²) < 4.78 is 12.0. The van der Waals surface area contributed by atoms with E-state index in [9.17, 15) is 14.9 Å². The Morgan fingerprint density at radius 1 is 1.22 bits per heavy atom. The lowest BCUT2D eigenvalue weighted by Crippen LogP contribution is -2.09. The molecule has 0 fully saturated rings. The number of rotatable bonds is 8. The van der Waals surface area contributed by atoms with Crippen molar-refractivity contribution in [2.45, 2.75) is 19.8 Å². The lowest BCUT2D eigenvalue weighted by Gasteiger charge is -2.05. The van der Waals surface area contributed by atoms with E-state index in [1.165, 1.54) is 0 Å². The highest BCUT2D eigenvalue weighted by Crippen LogP contribution is 2.27. The van der Waals surface area contributed by atoms with E-state index in [1.807, 2.05) is 48.9 Å².